The van der Waals surface area contributed by atoms with Gasteiger partial charge in [0.25, 0.3) is 0 Å². The van der Waals surface area contributed by atoms with E-state index < -0.39 is 23.7 Å². The van der Waals surface area contributed by atoms with Crippen LogP contribution in [0, 0.1) is 24.2 Å². The van der Waals surface area contributed by atoms with Crippen LogP contribution < -0.4 is 34.7 Å². The maximum absolute atomic E-state index is 10.5. The fourth-order valence-electron chi connectivity index (χ4n) is 4.00. The average molecular weight is 416 g/mol. The predicted molar refractivity (Wildman–Crippen MR) is 107 cm³/mol. The Hall–Kier alpha value is -0.290. The first kappa shape index (κ1) is 25.7. The molecule has 2 aliphatic rings. The number of terminal acetylenes is 1. The summed E-state index contributed by atoms with van der Waals surface area (Å²) in [4.78, 5) is 15.2. The number of fused-ring (bicyclic) bond motifs is 1. The number of rotatable bonds is 10. The van der Waals surface area contributed by atoms with Crippen molar-refractivity contribution < 1.29 is 49.7 Å². The van der Waals surface area contributed by atoms with Crippen molar-refractivity contribution >= 4 is 22.8 Å². The van der Waals surface area contributed by atoms with Crippen LogP contribution in [0.1, 0.15) is 58.3 Å². The van der Waals surface area contributed by atoms with Gasteiger partial charge in [-0.05, 0) is 25.0 Å². The average Bonchev–Trinajstić information content (AvgIpc) is 3.09. The summed E-state index contributed by atoms with van der Waals surface area (Å²) >= 11 is 1.55. The zero-order valence-corrected chi connectivity index (χ0v) is 19.8. The van der Waals surface area contributed by atoms with E-state index in [1.807, 2.05) is 6.08 Å². The Morgan fingerprint density at radius 1 is 1.50 bits per heavy atom. The number of carbonyl (C=O) groups excluding carboxylic acids is 1. The third kappa shape index (κ3) is 6.90. The SMILES string of the molecule is C#CC12CC(O)C(C=C[C@@H](O)CCCCC)C1CC(SCCCC(=O)[O-])=N2.[Na+]. The van der Waals surface area contributed by atoms with Crippen LogP contribution in [0.2, 0.25) is 0 Å². The van der Waals surface area contributed by atoms with Gasteiger partial charge in [-0.2, -0.15) is 0 Å². The molecule has 0 amide bonds. The van der Waals surface area contributed by atoms with E-state index in [1.54, 1.807) is 17.8 Å². The van der Waals surface area contributed by atoms with Gasteiger partial charge in [-0.25, -0.2) is 0 Å². The van der Waals surface area contributed by atoms with E-state index in [-0.39, 0.29) is 47.8 Å². The number of aliphatic hydroxyl groups excluding tert-OH is 2. The number of carbonyl (C=O) groups is 1. The second kappa shape index (κ2) is 12.4. The molecule has 1 saturated carbocycles. The zero-order valence-electron chi connectivity index (χ0n) is 17.0. The Kier molecular flexibility index (Phi) is 11.4. The van der Waals surface area contributed by atoms with E-state index >= 15 is 0 Å². The summed E-state index contributed by atoms with van der Waals surface area (Å²) in [7, 11) is 0. The third-order valence-electron chi connectivity index (χ3n) is 5.46. The number of aliphatic imine (C=N–C) groups is 1. The summed E-state index contributed by atoms with van der Waals surface area (Å²) in [6.45, 7) is 2.13. The van der Waals surface area contributed by atoms with E-state index in [1.165, 1.54) is 0 Å². The molecule has 0 bridgehead atoms. The van der Waals surface area contributed by atoms with E-state index in [4.69, 9.17) is 11.4 Å². The summed E-state index contributed by atoms with van der Waals surface area (Å²) in [5.74, 6) is 2.35. The Labute approximate surface area is 194 Å². The smallest absolute Gasteiger partial charge is 0.550 e. The Morgan fingerprint density at radius 2 is 2.25 bits per heavy atom. The largest absolute Gasteiger partial charge is 1.00 e. The van der Waals surface area contributed by atoms with E-state index in [9.17, 15) is 20.1 Å². The van der Waals surface area contributed by atoms with Crippen molar-refractivity contribution in [3.63, 3.8) is 0 Å². The number of unbranched alkanes of at least 4 members (excludes halogenated alkanes) is 2. The Balaban J connectivity index is 0.00000392. The first-order valence-electron chi connectivity index (χ1n) is 9.85. The number of carboxylic acids is 1. The minimum Gasteiger partial charge on any atom is -0.550 e. The van der Waals surface area contributed by atoms with E-state index in [2.05, 4.69) is 12.8 Å². The summed E-state index contributed by atoms with van der Waals surface area (Å²) in [5.41, 5.74) is -0.682. The van der Waals surface area contributed by atoms with Crippen LogP contribution in [0.5, 0.6) is 0 Å². The maximum atomic E-state index is 10.5. The maximum Gasteiger partial charge on any atom is 1.00 e. The minimum absolute atomic E-state index is 0. The van der Waals surface area contributed by atoms with E-state index in [0.29, 0.717) is 25.0 Å². The van der Waals surface area contributed by atoms with Gasteiger partial charge in [-0.15, -0.1) is 18.2 Å². The molecule has 1 aliphatic carbocycles. The molecular formula is C21H30NNaO4S. The molecule has 1 fully saturated rings. The van der Waals surface area contributed by atoms with Crippen LogP contribution in [0.4, 0.5) is 0 Å². The molecule has 0 saturated heterocycles. The minimum atomic E-state index is -1.04. The first-order valence-corrected chi connectivity index (χ1v) is 10.8. The van der Waals surface area contributed by atoms with Crippen LogP contribution in [0.3, 0.4) is 0 Å². The predicted octanol–water partition coefficient (Wildman–Crippen LogP) is -1.08. The molecule has 5 nitrogen and oxygen atoms in total. The van der Waals surface area contributed by atoms with Crippen molar-refractivity contribution in [1.29, 1.82) is 0 Å². The van der Waals surface area contributed by atoms with Gasteiger partial charge in [0.15, 0.2) is 0 Å². The molecular weight excluding hydrogens is 385 g/mol. The molecule has 0 radical (unpaired) electrons. The van der Waals surface area contributed by atoms with Crippen LogP contribution in [-0.2, 0) is 4.79 Å². The van der Waals surface area contributed by atoms with Gasteiger partial charge in [-0.3, -0.25) is 4.99 Å². The fraction of sp³-hybridized carbons (Fsp3) is 0.714. The quantitative estimate of drug-likeness (QED) is 0.205. The number of thioether (sulfide) groups is 1. The fourth-order valence-corrected chi connectivity index (χ4v) is 5.05. The van der Waals surface area contributed by atoms with Crippen molar-refractivity contribution in [3.05, 3.63) is 12.2 Å². The van der Waals surface area contributed by atoms with Gasteiger partial charge >= 0.3 is 29.6 Å². The van der Waals surface area contributed by atoms with Crippen LogP contribution in [-0.4, -0.2) is 44.7 Å². The van der Waals surface area contributed by atoms with E-state index in [0.717, 1.165) is 30.7 Å². The van der Waals surface area contributed by atoms with Crippen LogP contribution in [0.25, 0.3) is 0 Å². The Morgan fingerprint density at radius 3 is 2.89 bits per heavy atom. The van der Waals surface area contributed by atoms with Gasteiger partial charge in [-0.1, -0.05) is 44.3 Å². The van der Waals surface area contributed by atoms with Gasteiger partial charge in [0.05, 0.1) is 17.3 Å². The number of hydrogen-bond acceptors (Lipinski definition) is 6. The molecule has 0 spiro atoms. The van der Waals surface area contributed by atoms with Gasteiger partial charge in [0.1, 0.15) is 5.54 Å². The molecule has 1 heterocycles. The van der Waals surface area contributed by atoms with Crippen molar-refractivity contribution in [2.24, 2.45) is 16.8 Å². The van der Waals surface area contributed by atoms with Gasteiger partial charge < -0.3 is 20.1 Å². The second-order valence-corrected chi connectivity index (χ2v) is 8.67. The third-order valence-corrected chi connectivity index (χ3v) is 6.55. The van der Waals surface area contributed by atoms with Gasteiger partial charge in [0.2, 0.25) is 0 Å². The normalized spacial score (nSPS) is 29.8. The van der Waals surface area contributed by atoms with Crippen molar-refractivity contribution in [1.82, 2.24) is 0 Å². The molecule has 1 aliphatic heterocycles. The topological polar surface area (TPSA) is 93.0 Å². The summed E-state index contributed by atoms with van der Waals surface area (Å²) < 4.78 is 0. The summed E-state index contributed by atoms with van der Waals surface area (Å²) in [5, 5.41) is 32.1. The molecule has 5 atom stereocenters. The molecule has 7 heteroatoms. The monoisotopic (exact) mass is 415 g/mol. The standard InChI is InChI=1S/C21H31NO4S.Na/c1-3-5-6-8-15(23)10-11-16-17-13-19(27-12-7-9-20(25)26)22-21(17,4-2)14-18(16)24;/h2,10-11,15-18,23-24H,3,5-9,12-14H2,1H3,(H,25,26);/q;+1/p-1/t15-,16?,17?,18?,21?;/m0./s1. The zero-order chi connectivity index (χ0) is 19.9. The number of hydrogen-bond donors (Lipinski definition) is 2. The van der Waals surface area contributed by atoms with Crippen LogP contribution >= 0.6 is 11.8 Å². The molecule has 28 heavy (non-hydrogen) atoms. The number of aliphatic hydroxyl groups is 2. The number of nitrogens with zero attached hydrogens (tertiary/aromatic N) is 1. The molecule has 2 rings (SSSR count). The van der Waals surface area contributed by atoms with Crippen molar-refractivity contribution in [3.8, 4) is 12.3 Å². The molecule has 0 aromatic rings. The van der Waals surface area contributed by atoms with Crippen molar-refractivity contribution in [2.75, 3.05) is 5.75 Å². The second-order valence-electron chi connectivity index (χ2n) is 7.51. The molecule has 2 N–H and O–H groups in total. The first-order chi connectivity index (χ1) is 12.9. The Bertz CT molecular complexity index is 618. The number of carboxylic acid groups (broad SMARTS) is 1. The summed E-state index contributed by atoms with van der Waals surface area (Å²) in [6, 6.07) is 0. The molecule has 0 aromatic heterocycles. The number of aliphatic carboxylic acids is 1. The summed E-state index contributed by atoms with van der Waals surface area (Å²) in [6.07, 6.45) is 14.1. The molecule has 0 aromatic carbocycles. The molecule has 4 unspecified atom stereocenters. The molecule has 150 valence electrons. The van der Waals surface area contributed by atoms with Gasteiger partial charge in [0, 0.05) is 30.6 Å². The van der Waals surface area contributed by atoms with Crippen molar-refractivity contribution in [2.45, 2.75) is 76.0 Å². The van der Waals surface area contributed by atoms with Crippen LogP contribution in [0.15, 0.2) is 17.1 Å².